The van der Waals surface area contributed by atoms with Crippen LogP contribution in [0.2, 0.25) is 0 Å². The molecule has 2 aromatic carbocycles. The first kappa shape index (κ1) is 22.7. The number of aromatic nitrogens is 4. The largest absolute Gasteiger partial charge is 0.383 e. The number of halogens is 1. The maximum absolute atomic E-state index is 14.3. The molecule has 4 rings (SSSR count). The van der Waals surface area contributed by atoms with Crippen molar-refractivity contribution in [2.24, 2.45) is 12.8 Å². The van der Waals surface area contributed by atoms with Crippen molar-refractivity contribution in [3.8, 4) is 16.8 Å². The molecule has 0 spiro atoms. The van der Waals surface area contributed by atoms with Gasteiger partial charge in [0.25, 0.3) is 0 Å². The highest BCUT2D eigenvalue weighted by molar-refractivity contribution is 5.93. The SMILES string of the molecule is Cc1c(-c2ccc(-n3cnn(C)c3=O)cc2)cc(F)nc1NCCNc1cccc(C(N)=O)c1. The number of hydrogen-bond donors (Lipinski definition) is 3. The van der Waals surface area contributed by atoms with E-state index in [4.69, 9.17) is 5.73 Å². The molecule has 0 aliphatic carbocycles. The first-order valence-electron chi connectivity index (χ1n) is 10.6. The predicted octanol–water partition coefficient (Wildman–Crippen LogP) is 2.70. The number of nitrogens with two attached hydrogens (primary N) is 1. The Morgan fingerprint density at radius 2 is 1.82 bits per heavy atom. The van der Waals surface area contributed by atoms with Gasteiger partial charge in [0.15, 0.2) is 0 Å². The summed E-state index contributed by atoms with van der Waals surface area (Å²) in [4.78, 5) is 27.4. The average molecular weight is 462 g/mol. The Kier molecular flexibility index (Phi) is 6.39. The third-order valence-electron chi connectivity index (χ3n) is 5.41. The molecule has 0 saturated heterocycles. The smallest absolute Gasteiger partial charge is 0.350 e. The number of hydrogen-bond acceptors (Lipinski definition) is 6. The van der Waals surface area contributed by atoms with Gasteiger partial charge in [-0.2, -0.15) is 9.49 Å². The summed E-state index contributed by atoms with van der Waals surface area (Å²) >= 11 is 0. The highest BCUT2D eigenvalue weighted by Crippen LogP contribution is 2.28. The van der Waals surface area contributed by atoms with E-state index in [2.05, 4.69) is 20.7 Å². The molecule has 0 unspecified atom stereocenters. The maximum atomic E-state index is 14.3. The van der Waals surface area contributed by atoms with Crippen LogP contribution in [0, 0.1) is 12.9 Å². The minimum absolute atomic E-state index is 0.250. The van der Waals surface area contributed by atoms with Crippen molar-refractivity contribution >= 4 is 17.4 Å². The van der Waals surface area contributed by atoms with E-state index in [0.29, 0.717) is 35.7 Å². The first-order valence-corrected chi connectivity index (χ1v) is 10.6. The zero-order valence-corrected chi connectivity index (χ0v) is 18.7. The monoisotopic (exact) mass is 461 g/mol. The van der Waals surface area contributed by atoms with Crippen molar-refractivity contribution < 1.29 is 9.18 Å². The van der Waals surface area contributed by atoms with Crippen LogP contribution in [0.5, 0.6) is 0 Å². The van der Waals surface area contributed by atoms with E-state index in [1.54, 1.807) is 37.4 Å². The molecule has 0 aliphatic heterocycles. The number of anilines is 2. The van der Waals surface area contributed by atoms with Gasteiger partial charge in [0, 0.05) is 37.5 Å². The number of carbonyl (C=O) groups excluding carboxylic acids is 1. The molecule has 0 aliphatic rings. The third-order valence-corrected chi connectivity index (χ3v) is 5.41. The van der Waals surface area contributed by atoms with E-state index in [1.165, 1.54) is 21.6 Å². The summed E-state index contributed by atoms with van der Waals surface area (Å²) in [7, 11) is 1.58. The fraction of sp³-hybridized carbons (Fsp3) is 0.167. The minimum atomic E-state index is -0.599. The second-order valence-corrected chi connectivity index (χ2v) is 7.72. The quantitative estimate of drug-likeness (QED) is 0.274. The van der Waals surface area contributed by atoms with Crippen molar-refractivity contribution in [2.45, 2.75) is 6.92 Å². The summed E-state index contributed by atoms with van der Waals surface area (Å²) in [6.45, 7) is 2.86. The third kappa shape index (κ3) is 4.80. The van der Waals surface area contributed by atoms with Crippen LogP contribution in [-0.4, -0.2) is 38.3 Å². The molecule has 9 nitrogen and oxygen atoms in total. The maximum Gasteiger partial charge on any atom is 0.350 e. The van der Waals surface area contributed by atoms with Gasteiger partial charge in [-0.1, -0.05) is 18.2 Å². The molecule has 0 atom stereocenters. The molecule has 4 N–H and O–H groups in total. The van der Waals surface area contributed by atoms with Crippen molar-refractivity contribution in [3.63, 3.8) is 0 Å². The molecular weight excluding hydrogens is 437 g/mol. The van der Waals surface area contributed by atoms with Gasteiger partial charge >= 0.3 is 5.69 Å². The van der Waals surface area contributed by atoms with Gasteiger partial charge in [0.1, 0.15) is 12.1 Å². The molecule has 0 saturated carbocycles. The summed E-state index contributed by atoms with van der Waals surface area (Å²) in [5, 5.41) is 10.3. The van der Waals surface area contributed by atoms with Gasteiger partial charge in [-0.25, -0.2) is 19.0 Å². The summed E-state index contributed by atoms with van der Waals surface area (Å²) in [6, 6.07) is 15.5. The fourth-order valence-corrected chi connectivity index (χ4v) is 3.58. The molecule has 1 amide bonds. The van der Waals surface area contributed by atoms with Gasteiger partial charge in [0.05, 0.1) is 5.69 Å². The van der Waals surface area contributed by atoms with Gasteiger partial charge in [-0.05, 0) is 53.9 Å². The Labute approximate surface area is 195 Å². The van der Waals surface area contributed by atoms with Crippen LogP contribution in [0.25, 0.3) is 16.8 Å². The highest BCUT2D eigenvalue weighted by atomic mass is 19.1. The number of primary amides is 1. The van der Waals surface area contributed by atoms with Crippen LogP contribution in [0.4, 0.5) is 15.9 Å². The number of nitrogens with zero attached hydrogens (tertiary/aromatic N) is 4. The lowest BCUT2D eigenvalue weighted by Gasteiger charge is -2.14. The van der Waals surface area contributed by atoms with Gasteiger partial charge in [-0.3, -0.25) is 4.79 Å². The molecule has 2 heterocycles. The predicted molar refractivity (Wildman–Crippen MR) is 129 cm³/mol. The van der Waals surface area contributed by atoms with Crippen LogP contribution in [0.1, 0.15) is 15.9 Å². The zero-order valence-electron chi connectivity index (χ0n) is 18.7. The van der Waals surface area contributed by atoms with Crippen LogP contribution in [0.3, 0.4) is 0 Å². The van der Waals surface area contributed by atoms with Gasteiger partial charge < -0.3 is 16.4 Å². The van der Waals surface area contributed by atoms with Crippen molar-refractivity contribution in [1.82, 2.24) is 19.3 Å². The molecule has 174 valence electrons. The van der Waals surface area contributed by atoms with E-state index in [1.807, 2.05) is 25.1 Å². The van der Waals surface area contributed by atoms with Crippen LogP contribution in [-0.2, 0) is 7.05 Å². The van der Waals surface area contributed by atoms with Gasteiger partial charge in [-0.15, -0.1) is 0 Å². The van der Waals surface area contributed by atoms with Crippen molar-refractivity contribution in [2.75, 3.05) is 23.7 Å². The zero-order chi connectivity index (χ0) is 24.2. The van der Waals surface area contributed by atoms with E-state index in [0.717, 1.165) is 16.8 Å². The first-order chi connectivity index (χ1) is 16.3. The number of aryl methyl sites for hydroxylation is 1. The lowest BCUT2D eigenvalue weighted by atomic mass is 10.0. The average Bonchev–Trinajstić information content (AvgIpc) is 3.17. The van der Waals surface area contributed by atoms with Crippen molar-refractivity contribution in [1.29, 1.82) is 0 Å². The lowest BCUT2D eigenvalue weighted by molar-refractivity contribution is 0.100. The summed E-state index contributed by atoms with van der Waals surface area (Å²) in [5.41, 5.74) is 9.19. The molecule has 4 aromatic rings. The Bertz CT molecular complexity index is 1390. The Hall–Kier alpha value is -4.47. The number of nitrogens with one attached hydrogen (secondary N) is 2. The molecule has 10 heteroatoms. The number of carbonyl (C=O) groups is 1. The molecule has 34 heavy (non-hydrogen) atoms. The topological polar surface area (TPSA) is 120 Å². The van der Waals surface area contributed by atoms with Gasteiger partial charge in [0.2, 0.25) is 11.9 Å². The Morgan fingerprint density at radius 1 is 1.09 bits per heavy atom. The molecule has 0 bridgehead atoms. The standard InChI is InChI=1S/C24H24FN7O2/c1-15-20(16-6-8-19(9-7-16)32-14-29-31(2)24(32)34)13-21(25)30-23(15)28-11-10-27-18-5-3-4-17(12-18)22(26)33/h3-9,12-14,27H,10-11H2,1-2H3,(H2,26,33)(H,28,30). The Balaban J connectivity index is 1.46. The molecule has 2 aromatic heterocycles. The summed E-state index contributed by atoms with van der Waals surface area (Å²) in [6.07, 6.45) is 1.45. The van der Waals surface area contributed by atoms with E-state index >= 15 is 0 Å². The molecule has 0 radical (unpaired) electrons. The second-order valence-electron chi connectivity index (χ2n) is 7.72. The summed E-state index contributed by atoms with van der Waals surface area (Å²) < 4.78 is 17.0. The normalized spacial score (nSPS) is 10.8. The number of benzene rings is 2. The molecular formula is C24H24FN7O2. The van der Waals surface area contributed by atoms with E-state index < -0.39 is 11.9 Å². The molecule has 0 fully saturated rings. The van der Waals surface area contributed by atoms with Crippen LogP contribution >= 0.6 is 0 Å². The number of rotatable bonds is 8. The lowest BCUT2D eigenvalue weighted by Crippen LogP contribution is -2.21. The highest BCUT2D eigenvalue weighted by Gasteiger charge is 2.12. The van der Waals surface area contributed by atoms with Crippen LogP contribution < -0.4 is 22.1 Å². The van der Waals surface area contributed by atoms with Crippen molar-refractivity contribution in [3.05, 3.63) is 88.5 Å². The van der Waals surface area contributed by atoms with E-state index in [-0.39, 0.29) is 5.69 Å². The second kappa shape index (κ2) is 9.57. The van der Waals surface area contributed by atoms with Crippen LogP contribution in [0.15, 0.2) is 65.7 Å². The number of pyridine rings is 1. The fourth-order valence-electron chi connectivity index (χ4n) is 3.58. The Morgan fingerprint density at radius 3 is 2.50 bits per heavy atom. The minimum Gasteiger partial charge on any atom is -0.383 e. The number of amides is 1. The summed E-state index contributed by atoms with van der Waals surface area (Å²) in [5.74, 6) is -0.651. The van der Waals surface area contributed by atoms with E-state index in [9.17, 15) is 14.0 Å².